The van der Waals surface area contributed by atoms with Crippen molar-refractivity contribution in [2.45, 2.75) is 105 Å². The number of hydrogen-bond donors (Lipinski definition) is 0. The zero-order valence-electron chi connectivity index (χ0n) is 61.0. The van der Waals surface area contributed by atoms with Crippen molar-refractivity contribution in [3.05, 3.63) is 197 Å². The van der Waals surface area contributed by atoms with Gasteiger partial charge in [-0.15, -0.1) is 0 Å². The molecule has 7 aromatic carbocycles. The van der Waals surface area contributed by atoms with Gasteiger partial charge in [0.15, 0.2) is 0 Å². The summed E-state index contributed by atoms with van der Waals surface area (Å²) in [7, 11) is 0. The van der Waals surface area contributed by atoms with Crippen LogP contribution in [0, 0.1) is 0 Å². The first-order valence-corrected chi connectivity index (χ1v) is 20.4. The van der Waals surface area contributed by atoms with Crippen molar-refractivity contribution in [2.24, 2.45) is 0 Å². The lowest BCUT2D eigenvalue weighted by atomic mass is 9.86. The number of anilines is 9. The molecular weight excluding hydrogens is 774 g/mol. The molecule has 0 fully saturated rings. The van der Waals surface area contributed by atoms with Crippen molar-refractivity contribution in [2.75, 3.05) is 14.7 Å². The SMILES string of the molecule is [2H]c1cc(N(c2cc(N(c3c([2H])c([2H])c([2H])c([2H])c3[2H])c3c([2H])c([2H])c([2H])c([2H])c3[2H])cc(N(c3cc([2H])c(C(C)(C)C)c([2H])c3[2H])c3c([2H])c([2H])c(C(C)(C)C)c([2H])c3[2H])c2Cl)c2c([2H])c([2H])c(C(C)(C)C)c([2H])c2[2H])c([2H])c([2H])c1C(C)(C)C. The smallest absolute Gasteiger partial charge is 0.0888 e. The van der Waals surface area contributed by atoms with E-state index in [1.54, 1.807) is 83.1 Å². The monoisotopic (exact) mass is 862 g/mol. The highest BCUT2D eigenvalue weighted by Gasteiger charge is 2.28. The van der Waals surface area contributed by atoms with E-state index in [9.17, 15) is 24.7 Å². The van der Waals surface area contributed by atoms with Gasteiger partial charge in [0.2, 0.25) is 0 Å². The Kier molecular flexibility index (Phi) is 6.39. The van der Waals surface area contributed by atoms with E-state index in [0.29, 0.717) is 4.90 Å². The van der Waals surface area contributed by atoms with Gasteiger partial charge in [-0.25, -0.2) is 0 Å². The highest BCUT2D eigenvalue weighted by atomic mass is 35.5. The third kappa shape index (κ3) is 9.64. The second kappa shape index (κ2) is 17.2. The molecule has 0 spiro atoms. The summed E-state index contributed by atoms with van der Waals surface area (Å²) in [6, 6.07) is -14.4. The van der Waals surface area contributed by atoms with Gasteiger partial charge in [-0.05, 0) is 129 Å². The molecule has 0 aliphatic rings. The van der Waals surface area contributed by atoms with Crippen molar-refractivity contribution in [3.8, 4) is 0 Å². The molecule has 0 N–H and O–H groups in total. The summed E-state index contributed by atoms with van der Waals surface area (Å²) >= 11 is 7.92. The van der Waals surface area contributed by atoms with Crippen LogP contribution in [0.5, 0.6) is 0 Å². The van der Waals surface area contributed by atoms with E-state index >= 15 is 0 Å². The molecule has 0 aliphatic carbocycles. The molecule has 0 aromatic heterocycles. The van der Waals surface area contributed by atoms with Gasteiger partial charge in [0, 0.05) is 34.1 Å². The Morgan fingerprint density at radius 1 is 0.323 bits per heavy atom. The predicted molar refractivity (Wildman–Crippen MR) is 270 cm³/mol. The minimum atomic E-state index is -1.07. The normalized spacial score (nSPS) is 17.7. The molecule has 0 aliphatic heterocycles. The maximum atomic E-state index is 9.83. The summed E-state index contributed by atoms with van der Waals surface area (Å²) in [6.45, 7) is 20.0. The second-order valence-electron chi connectivity index (χ2n) is 18.8. The Morgan fingerprint density at radius 2 is 0.597 bits per heavy atom. The molecule has 7 aromatic rings. The van der Waals surface area contributed by atoms with Gasteiger partial charge >= 0.3 is 0 Å². The summed E-state index contributed by atoms with van der Waals surface area (Å²) in [6.07, 6.45) is 0. The van der Waals surface area contributed by atoms with Crippen LogP contribution in [0.4, 0.5) is 51.2 Å². The Labute approximate surface area is 411 Å². The molecule has 7 rings (SSSR count). The van der Waals surface area contributed by atoms with E-state index in [1.165, 1.54) is 0 Å². The van der Waals surface area contributed by atoms with E-state index < -0.39 is 211 Å². The quantitative estimate of drug-likeness (QED) is 0.143. The van der Waals surface area contributed by atoms with Gasteiger partial charge in [-0.2, -0.15) is 0 Å². The molecular formula is C58H64ClN3. The lowest BCUT2D eigenvalue weighted by Gasteiger charge is -2.34. The van der Waals surface area contributed by atoms with Crippen LogP contribution < -0.4 is 14.7 Å². The highest BCUT2D eigenvalue weighted by molar-refractivity contribution is 6.37. The molecule has 0 saturated heterocycles. The van der Waals surface area contributed by atoms with Crippen LogP contribution in [-0.4, -0.2) is 0 Å². The first kappa shape index (κ1) is 23.1. The van der Waals surface area contributed by atoms with E-state index in [2.05, 4.69) is 0 Å². The molecule has 0 amide bonds. The first-order valence-electron chi connectivity index (χ1n) is 32.0. The zero-order valence-corrected chi connectivity index (χ0v) is 37.8. The molecule has 0 atom stereocenters. The Balaban J connectivity index is 1.94. The summed E-state index contributed by atoms with van der Waals surface area (Å²) in [5.74, 6) is 0. The van der Waals surface area contributed by atoms with Gasteiger partial charge in [0.25, 0.3) is 0 Å². The van der Waals surface area contributed by atoms with Crippen LogP contribution in [0.3, 0.4) is 0 Å². The molecule has 4 heteroatoms. The topological polar surface area (TPSA) is 9.72 Å². The van der Waals surface area contributed by atoms with Gasteiger partial charge in [-0.1, -0.05) is 179 Å². The fourth-order valence-electron chi connectivity index (χ4n) is 6.17. The van der Waals surface area contributed by atoms with Gasteiger partial charge in [0.1, 0.15) is 0 Å². The van der Waals surface area contributed by atoms with Crippen LogP contribution in [0.15, 0.2) is 169 Å². The average molecular weight is 863 g/mol. The van der Waals surface area contributed by atoms with Crippen molar-refractivity contribution in [3.63, 3.8) is 0 Å². The van der Waals surface area contributed by atoms with Crippen LogP contribution in [-0.2, 0) is 21.7 Å². The summed E-state index contributed by atoms with van der Waals surface area (Å²) in [5, 5.41) is -0.695. The van der Waals surface area contributed by atoms with Crippen molar-refractivity contribution >= 4 is 62.8 Å². The van der Waals surface area contributed by atoms with E-state index in [0.717, 1.165) is 34.1 Å². The number of nitrogens with zero attached hydrogens (tertiary/aromatic N) is 3. The van der Waals surface area contributed by atoms with Crippen molar-refractivity contribution < 1.29 is 32.9 Å². The number of hydrogen-bond acceptors (Lipinski definition) is 3. The number of rotatable bonds is 9. The third-order valence-electron chi connectivity index (χ3n) is 9.67. The predicted octanol–water partition coefficient (Wildman–Crippen LogP) is 17.9. The molecule has 62 heavy (non-hydrogen) atoms. The standard InChI is InChI=1S/C58H64ClN3/c1-55(2,3)41-23-31-47(32-24-41)61(48-33-25-42(26-34-48)56(4,5)6)52-39-51(60(45-19-15-13-16-20-45)46-21-17-14-18-22-46)40-53(54(52)59)62(49-35-27-43(28-36-49)57(7,8)9)50-37-29-44(30-38-50)58(10,11)12/h13-40H,1-12H3/i13D,14D,15D,16D,17D,18D,19D,20D,21D,22D,23D,24D,25D,26D,27D,28D,29D,30D,31D,32D,33D,35D,36D,37D. The van der Waals surface area contributed by atoms with Crippen LogP contribution in [0.2, 0.25) is 5.02 Å². The van der Waals surface area contributed by atoms with Gasteiger partial charge < -0.3 is 14.7 Å². The van der Waals surface area contributed by atoms with Crippen molar-refractivity contribution in [1.82, 2.24) is 0 Å². The van der Waals surface area contributed by atoms with Crippen LogP contribution >= 0.6 is 11.6 Å². The van der Waals surface area contributed by atoms with E-state index in [-0.39, 0.29) is 34.3 Å². The van der Waals surface area contributed by atoms with E-state index in [1.807, 2.05) is 0 Å². The number of halogens is 1. The molecule has 0 saturated carbocycles. The van der Waals surface area contributed by atoms with E-state index in [4.69, 9.17) is 19.8 Å². The van der Waals surface area contributed by atoms with Crippen LogP contribution in [0.1, 0.15) is 138 Å². The lowest BCUT2D eigenvalue weighted by molar-refractivity contribution is 0.590. The van der Waals surface area contributed by atoms with Gasteiger partial charge in [0.05, 0.1) is 55.0 Å². The minimum absolute atomic E-state index is 0.0511. The number of benzene rings is 7. The molecule has 0 unspecified atom stereocenters. The Morgan fingerprint density at radius 3 is 0.903 bits per heavy atom. The average Bonchev–Trinajstić information content (AvgIpc) is 0.744. The first-order chi connectivity index (χ1) is 39.2. The lowest BCUT2D eigenvalue weighted by Crippen LogP contribution is -2.18. The molecule has 0 radical (unpaired) electrons. The minimum Gasteiger partial charge on any atom is -0.310 e. The maximum absolute atomic E-state index is 9.83. The molecule has 0 bridgehead atoms. The largest absolute Gasteiger partial charge is 0.310 e. The Bertz CT molecular complexity index is 3660. The van der Waals surface area contributed by atoms with Crippen molar-refractivity contribution in [1.29, 1.82) is 0 Å². The summed E-state index contributed by atoms with van der Waals surface area (Å²) < 4.78 is 225. The second-order valence-corrected chi connectivity index (χ2v) is 19.2. The fourth-order valence-corrected chi connectivity index (χ4v) is 6.45. The van der Waals surface area contributed by atoms with Gasteiger partial charge in [-0.3, -0.25) is 0 Å². The van der Waals surface area contributed by atoms with Crippen LogP contribution in [0.25, 0.3) is 0 Å². The zero-order chi connectivity index (χ0) is 65.5. The maximum Gasteiger partial charge on any atom is 0.0888 e. The number of para-hydroxylation sites is 2. The fraction of sp³-hybridized carbons (Fsp3) is 0.276. The summed E-state index contributed by atoms with van der Waals surface area (Å²) in [5.41, 5.74) is -10.2. The molecule has 3 nitrogen and oxygen atoms in total. The third-order valence-corrected chi connectivity index (χ3v) is 10.1. The molecule has 0 heterocycles. The highest BCUT2D eigenvalue weighted by Crippen LogP contribution is 2.51. The Hall–Kier alpha value is -5.77. The molecule has 318 valence electrons. The summed E-state index contributed by atoms with van der Waals surface area (Å²) in [4.78, 5) is 2.48.